The van der Waals surface area contributed by atoms with Crippen molar-refractivity contribution in [1.82, 2.24) is 9.71 Å². The quantitative estimate of drug-likeness (QED) is 0.531. The molecule has 1 aromatic carbocycles. The van der Waals surface area contributed by atoms with Gasteiger partial charge in [0.2, 0.25) is 0 Å². The highest BCUT2D eigenvalue weighted by atomic mass is 16.8. The van der Waals surface area contributed by atoms with Gasteiger partial charge in [-0.05, 0) is 12.1 Å². The Morgan fingerprint density at radius 2 is 1.90 bits per heavy atom. The zero-order valence-electron chi connectivity index (χ0n) is 11.0. The summed E-state index contributed by atoms with van der Waals surface area (Å²) in [6.07, 6.45) is -5.18. The number of para-hydroxylation sites is 2. The van der Waals surface area contributed by atoms with E-state index in [4.69, 9.17) is 14.7 Å². The molecule has 0 aliphatic carbocycles. The van der Waals surface area contributed by atoms with Crippen LogP contribution in [0.4, 0.5) is 0 Å². The Kier molecular flexibility index (Phi) is 3.79. The van der Waals surface area contributed by atoms with Gasteiger partial charge in [-0.15, -0.1) is 0 Å². The molecule has 0 amide bonds. The fraction of sp³-hybridized carbons (Fsp3) is 0.462. The Balaban J connectivity index is 1.83. The second-order valence-corrected chi connectivity index (χ2v) is 4.86. The fourth-order valence-electron chi connectivity index (χ4n) is 2.29. The maximum Gasteiger partial charge on any atom is 0.254 e. The lowest BCUT2D eigenvalue weighted by molar-refractivity contribution is -0.299. The van der Waals surface area contributed by atoms with E-state index in [1.807, 2.05) is 6.07 Å². The van der Waals surface area contributed by atoms with Gasteiger partial charge in [0.25, 0.3) is 6.29 Å². The minimum Gasteiger partial charge on any atom is -0.394 e. The molecular formula is C13H16N2O6. The second-order valence-electron chi connectivity index (χ2n) is 4.86. The minimum atomic E-state index is -1.48. The predicted molar refractivity (Wildman–Crippen MR) is 70.1 cm³/mol. The van der Waals surface area contributed by atoms with E-state index in [-0.39, 0.29) is 0 Å². The summed E-state index contributed by atoms with van der Waals surface area (Å²) in [4.78, 5) is 9.59. The average Bonchev–Trinajstić information content (AvgIpc) is 2.91. The second kappa shape index (κ2) is 5.58. The molecule has 5 atom stereocenters. The number of fused-ring (bicyclic) bond motifs is 1. The third-order valence-corrected chi connectivity index (χ3v) is 3.49. The van der Waals surface area contributed by atoms with E-state index >= 15 is 0 Å². The first kappa shape index (κ1) is 14.2. The van der Waals surface area contributed by atoms with Crippen LogP contribution in [0.25, 0.3) is 11.0 Å². The normalized spacial score (nSPS) is 33.2. The minimum absolute atomic E-state index is 0.504. The van der Waals surface area contributed by atoms with E-state index < -0.39 is 37.3 Å². The van der Waals surface area contributed by atoms with Crippen molar-refractivity contribution in [2.24, 2.45) is 0 Å². The number of aliphatic hydroxyl groups is 4. The van der Waals surface area contributed by atoms with Crippen molar-refractivity contribution in [2.45, 2.75) is 30.7 Å². The number of hydrogen-bond acceptors (Lipinski definition) is 7. The van der Waals surface area contributed by atoms with Gasteiger partial charge in [0.1, 0.15) is 36.3 Å². The number of benzene rings is 1. The third-order valence-electron chi connectivity index (χ3n) is 3.49. The lowest BCUT2D eigenvalue weighted by atomic mass is 9.99. The zero-order chi connectivity index (χ0) is 15.0. The first-order valence-electron chi connectivity index (χ1n) is 6.51. The smallest absolute Gasteiger partial charge is 0.254 e. The van der Waals surface area contributed by atoms with E-state index in [0.29, 0.717) is 11.0 Å². The molecule has 4 N–H and O–H groups in total. The number of rotatable bonds is 3. The van der Waals surface area contributed by atoms with Crippen LogP contribution in [-0.2, 0) is 4.74 Å². The molecule has 1 aliphatic rings. The molecule has 1 fully saturated rings. The third kappa shape index (κ3) is 2.47. The van der Waals surface area contributed by atoms with Gasteiger partial charge in [0.05, 0.1) is 12.1 Å². The molecule has 1 aliphatic heterocycles. The van der Waals surface area contributed by atoms with Crippen molar-refractivity contribution in [3.8, 4) is 0 Å². The molecule has 8 heteroatoms. The molecule has 3 rings (SSSR count). The highest BCUT2D eigenvalue weighted by molar-refractivity contribution is 5.74. The molecule has 2 aromatic rings. The first-order chi connectivity index (χ1) is 10.1. The number of ether oxygens (including phenoxy) is 1. The Bertz CT molecular complexity index is 615. The van der Waals surface area contributed by atoms with Crippen molar-refractivity contribution in [1.29, 1.82) is 0 Å². The fourth-order valence-corrected chi connectivity index (χ4v) is 2.29. The molecule has 5 unspecified atom stereocenters. The van der Waals surface area contributed by atoms with Gasteiger partial charge in [0.15, 0.2) is 0 Å². The molecule has 1 saturated heterocycles. The van der Waals surface area contributed by atoms with Gasteiger partial charge < -0.3 is 30.0 Å². The standard InChI is InChI=1S/C13H16N2O6/c16-5-9-10(17)11(18)12(19)13(20-9)21-15-6-14-7-3-1-2-4-8(7)15/h1-4,6,9-13,16-19H,5H2. The van der Waals surface area contributed by atoms with Crippen LogP contribution in [0, 0.1) is 0 Å². The van der Waals surface area contributed by atoms with Crippen LogP contribution in [0.3, 0.4) is 0 Å². The van der Waals surface area contributed by atoms with E-state index in [9.17, 15) is 15.3 Å². The van der Waals surface area contributed by atoms with Gasteiger partial charge in [-0.1, -0.05) is 12.1 Å². The number of aliphatic hydroxyl groups excluding tert-OH is 4. The molecule has 0 radical (unpaired) electrons. The van der Waals surface area contributed by atoms with Gasteiger partial charge in [-0.25, -0.2) is 4.98 Å². The molecule has 8 nitrogen and oxygen atoms in total. The van der Waals surface area contributed by atoms with Crippen molar-refractivity contribution in [3.05, 3.63) is 30.6 Å². The van der Waals surface area contributed by atoms with E-state index in [2.05, 4.69) is 4.98 Å². The average molecular weight is 296 g/mol. The number of hydrogen-bond donors (Lipinski definition) is 4. The summed E-state index contributed by atoms with van der Waals surface area (Å²) >= 11 is 0. The molecule has 1 aromatic heterocycles. The summed E-state index contributed by atoms with van der Waals surface area (Å²) in [5.41, 5.74) is 1.36. The summed E-state index contributed by atoms with van der Waals surface area (Å²) in [5, 5.41) is 38.5. The van der Waals surface area contributed by atoms with Crippen LogP contribution < -0.4 is 4.84 Å². The Hall–Kier alpha value is -1.71. The van der Waals surface area contributed by atoms with Crippen LogP contribution in [0.5, 0.6) is 0 Å². The SMILES string of the molecule is OCC1OC(On2cnc3ccccc32)C(O)C(O)C1O. The summed E-state index contributed by atoms with van der Waals surface area (Å²) in [6.45, 7) is -0.504. The number of nitrogens with zero attached hydrogens (tertiary/aromatic N) is 2. The molecule has 0 bridgehead atoms. The molecule has 0 spiro atoms. The maximum atomic E-state index is 9.92. The van der Waals surface area contributed by atoms with Crippen molar-refractivity contribution >= 4 is 11.0 Å². The van der Waals surface area contributed by atoms with Crippen LogP contribution >= 0.6 is 0 Å². The number of imidazole rings is 1. The molecule has 2 heterocycles. The van der Waals surface area contributed by atoms with Crippen LogP contribution in [0.15, 0.2) is 30.6 Å². The van der Waals surface area contributed by atoms with Crippen LogP contribution in [-0.4, -0.2) is 67.5 Å². The highest BCUT2D eigenvalue weighted by Crippen LogP contribution is 2.21. The first-order valence-corrected chi connectivity index (χ1v) is 6.51. The van der Waals surface area contributed by atoms with E-state index in [1.54, 1.807) is 18.2 Å². The highest BCUT2D eigenvalue weighted by Gasteiger charge is 2.45. The Labute approximate surface area is 119 Å². The molecule has 114 valence electrons. The lowest BCUT2D eigenvalue weighted by Crippen LogP contribution is -2.61. The number of aromatic nitrogens is 2. The van der Waals surface area contributed by atoms with Crippen molar-refractivity contribution < 1.29 is 30.0 Å². The van der Waals surface area contributed by atoms with Crippen LogP contribution in [0.1, 0.15) is 0 Å². The van der Waals surface area contributed by atoms with Gasteiger partial charge in [-0.3, -0.25) is 0 Å². The molecule has 0 saturated carbocycles. The van der Waals surface area contributed by atoms with Crippen molar-refractivity contribution in [2.75, 3.05) is 6.61 Å². The topological polar surface area (TPSA) is 117 Å². The van der Waals surface area contributed by atoms with Gasteiger partial charge in [0, 0.05) is 0 Å². The Morgan fingerprint density at radius 1 is 1.14 bits per heavy atom. The summed E-state index contributed by atoms with van der Waals surface area (Å²) in [5.74, 6) is 0. The van der Waals surface area contributed by atoms with E-state index in [0.717, 1.165) is 0 Å². The van der Waals surface area contributed by atoms with Gasteiger partial charge in [-0.2, -0.15) is 4.73 Å². The summed E-state index contributed by atoms with van der Waals surface area (Å²) in [6, 6.07) is 7.19. The largest absolute Gasteiger partial charge is 0.394 e. The summed E-state index contributed by atoms with van der Waals surface area (Å²) in [7, 11) is 0. The monoisotopic (exact) mass is 296 g/mol. The molecular weight excluding hydrogens is 280 g/mol. The van der Waals surface area contributed by atoms with Crippen molar-refractivity contribution in [3.63, 3.8) is 0 Å². The molecule has 21 heavy (non-hydrogen) atoms. The zero-order valence-corrected chi connectivity index (χ0v) is 11.0. The maximum absolute atomic E-state index is 9.92. The Morgan fingerprint density at radius 3 is 2.67 bits per heavy atom. The van der Waals surface area contributed by atoms with Crippen LogP contribution in [0.2, 0.25) is 0 Å². The van der Waals surface area contributed by atoms with Gasteiger partial charge >= 0.3 is 0 Å². The lowest BCUT2D eigenvalue weighted by Gasteiger charge is -2.39. The summed E-state index contributed by atoms with van der Waals surface area (Å²) < 4.78 is 6.58. The van der Waals surface area contributed by atoms with E-state index in [1.165, 1.54) is 11.1 Å². The predicted octanol–water partition coefficient (Wildman–Crippen LogP) is -1.74.